The van der Waals surface area contributed by atoms with E-state index in [4.69, 9.17) is 14.2 Å². The van der Waals surface area contributed by atoms with E-state index in [1.165, 1.54) is 263 Å². The number of carbonyl (C=O) groups is 3. The van der Waals surface area contributed by atoms with Crippen LogP contribution in [0.1, 0.15) is 393 Å². The van der Waals surface area contributed by atoms with Crippen molar-refractivity contribution in [2.24, 2.45) is 0 Å². The fraction of sp³-hybridized carbons (Fsp3) is 0.853. The van der Waals surface area contributed by atoms with Crippen LogP contribution in [0, 0.1) is 0 Å². The van der Waals surface area contributed by atoms with E-state index in [9.17, 15) is 14.4 Å². The smallest absolute Gasteiger partial charge is 0.306 e. The third kappa shape index (κ3) is 68.0. The normalized spacial score (nSPS) is 12.3. The molecule has 0 bridgehead atoms. The zero-order valence-electron chi connectivity index (χ0n) is 54.6. The lowest BCUT2D eigenvalue weighted by Crippen LogP contribution is -2.30. The second kappa shape index (κ2) is 69.9. The fourth-order valence-electron chi connectivity index (χ4n) is 10.9. The molecule has 81 heavy (non-hydrogen) atoms. The molecule has 0 heterocycles. The van der Waals surface area contributed by atoms with Crippen molar-refractivity contribution in [3.8, 4) is 0 Å². The summed E-state index contributed by atoms with van der Waals surface area (Å²) in [5.74, 6) is -0.875. The highest BCUT2D eigenvalue weighted by molar-refractivity contribution is 5.71. The van der Waals surface area contributed by atoms with Gasteiger partial charge in [0.2, 0.25) is 0 Å². The number of ether oxygens (including phenoxy) is 3. The quantitative estimate of drug-likeness (QED) is 0.0261. The van der Waals surface area contributed by atoms with Gasteiger partial charge < -0.3 is 14.2 Å². The lowest BCUT2D eigenvalue weighted by Gasteiger charge is -2.18. The van der Waals surface area contributed by atoms with E-state index in [0.29, 0.717) is 19.3 Å². The molecule has 0 aliphatic rings. The van der Waals surface area contributed by atoms with Crippen molar-refractivity contribution in [2.45, 2.75) is 399 Å². The van der Waals surface area contributed by atoms with E-state index in [2.05, 4.69) is 69.4 Å². The lowest BCUT2D eigenvalue weighted by molar-refractivity contribution is -0.167. The summed E-state index contributed by atoms with van der Waals surface area (Å²) in [6.07, 6.45) is 88.7. The highest BCUT2D eigenvalue weighted by Crippen LogP contribution is 2.19. The summed E-state index contributed by atoms with van der Waals surface area (Å²) in [6.45, 7) is 6.65. The Balaban J connectivity index is 4.20. The molecule has 1 unspecified atom stereocenters. The molecule has 6 nitrogen and oxygen atoms in total. The van der Waals surface area contributed by atoms with Crippen LogP contribution in [-0.4, -0.2) is 37.2 Å². The molecule has 0 saturated carbocycles. The summed E-state index contributed by atoms with van der Waals surface area (Å²) in [5.41, 5.74) is 0. The van der Waals surface area contributed by atoms with E-state index < -0.39 is 6.10 Å². The molecule has 1 atom stereocenters. The summed E-state index contributed by atoms with van der Waals surface area (Å²) < 4.78 is 17.0. The Morgan fingerprint density at radius 1 is 0.247 bits per heavy atom. The largest absolute Gasteiger partial charge is 0.462 e. The topological polar surface area (TPSA) is 78.9 Å². The van der Waals surface area contributed by atoms with Crippen LogP contribution in [0.3, 0.4) is 0 Å². The number of unbranched alkanes of at least 4 members (excludes halogenated alkanes) is 48. The Morgan fingerprint density at radius 2 is 0.444 bits per heavy atom. The second-order valence-electron chi connectivity index (χ2n) is 24.5. The van der Waals surface area contributed by atoms with Gasteiger partial charge in [0.1, 0.15) is 13.2 Å². The minimum atomic E-state index is -0.783. The fourth-order valence-corrected chi connectivity index (χ4v) is 10.9. The van der Waals surface area contributed by atoms with E-state index >= 15 is 0 Å². The summed E-state index contributed by atoms with van der Waals surface area (Å²) in [5, 5.41) is 0. The van der Waals surface area contributed by atoms with E-state index in [1.807, 2.05) is 0 Å². The van der Waals surface area contributed by atoms with Gasteiger partial charge in [0, 0.05) is 19.3 Å². The maximum Gasteiger partial charge on any atom is 0.306 e. The third-order valence-electron chi connectivity index (χ3n) is 16.3. The molecule has 0 aromatic heterocycles. The van der Waals surface area contributed by atoms with Crippen molar-refractivity contribution in [3.05, 3.63) is 48.6 Å². The molecule has 0 radical (unpaired) electrons. The first-order valence-corrected chi connectivity index (χ1v) is 36.1. The highest BCUT2D eigenvalue weighted by Gasteiger charge is 2.19. The Kier molecular flexibility index (Phi) is 67.6. The van der Waals surface area contributed by atoms with Gasteiger partial charge in [0.15, 0.2) is 6.10 Å². The van der Waals surface area contributed by atoms with Crippen LogP contribution >= 0.6 is 0 Å². The number of allylic oxidation sites excluding steroid dienone is 8. The highest BCUT2D eigenvalue weighted by atomic mass is 16.6. The van der Waals surface area contributed by atoms with E-state index in [0.717, 1.165) is 89.9 Å². The van der Waals surface area contributed by atoms with E-state index in [1.54, 1.807) is 0 Å². The second-order valence-corrected chi connectivity index (χ2v) is 24.5. The van der Waals surface area contributed by atoms with Gasteiger partial charge in [-0.25, -0.2) is 0 Å². The van der Waals surface area contributed by atoms with E-state index in [-0.39, 0.29) is 31.1 Å². The molecule has 0 saturated heterocycles. The molecule has 0 aromatic rings. The molecule has 6 heteroatoms. The van der Waals surface area contributed by atoms with Crippen molar-refractivity contribution in [3.63, 3.8) is 0 Å². The van der Waals surface area contributed by atoms with Gasteiger partial charge in [-0.05, 0) is 83.5 Å². The predicted molar refractivity (Wildman–Crippen MR) is 353 cm³/mol. The molecule has 0 rings (SSSR count). The minimum Gasteiger partial charge on any atom is -0.462 e. The van der Waals surface area contributed by atoms with Crippen LogP contribution in [0.25, 0.3) is 0 Å². The Labute approximate surface area is 505 Å². The van der Waals surface area contributed by atoms with Gasteiger partial charge in [-0.2, -0.15) is 0 Å². The lowest BCUT2D eigenvalue weighted by atomic mass is 10.0. The Bertz CT molecular complexity index is 1400. The Hall–Kier alpha value is -2.63. The van der Waals surface area contributed by atoms with Crippen molar-refractivity contribution in [2.75, 3.05) is 13.2 Å². The summed E-state index contributed by atoms with van der Waals surface area (Å²) in [4.78, 5) is 38.4. The van der Waals surface area contributed by atoms with Crippen LogP contribution in [0.2, 0.25) is 0 Å². The number of rotatable bonds is 67. The van der Waals surface area contributed by atoms with Crippen LogP contribution in [0.5, 0.6) is 0 Å². The van der Waals surface area contributed by atoms with Crippen LogP contribution in [0.15, 0.2) is 48.6 Å². The molecule has 0 aliphatic carbocycles. The van der Waals surface area contributed by atoms with Crippen LogP contribution in [0.4, 0.5) is 0 Å². The minimum absolute atomic E-state index is 0.0772. The van der Waals surface area contributed by atoms with Crippen molar-refractivity contribution in [1.82, 2.24) is 0 Å². The van der Waals surface area contributed by atoms with Gasteiger partial charge in [-0.3, -0.25) is 14.4 Å². The molecule has 0 fully saturated rings. The molecular formula is C75H138O6. The number of hydrogen-bond acceptors (Lipinski definition) is 6. The molecule has 0 amide bonds. The van der Waals surface area contributed by atoms with Crippen molar-refractivity contribution >= 4 is 17.9 Å². The Morgan fingerprint density at radius 3 is 0.716 bits per heavy atom. The average Bonchev–Trinajstić information content (AvgIpc) is 3.47. The SMILES string of the molecule is CCCCC/C=C\C/C=C\CCCCCCCCCC(=O)OC(COC(=O)CCCCCCC/C=C\C/C=C\CCCCCC)COC(=O)CCCCCCCCCCCCCCCCCCCCCCCCCCCCCCCC. The van der Waals surface area contributed by atoms with Crippen molar-refractivity contribution < 1.29 is 28.6 Å². The summed E-state index contributed by atoms with van der Waals surface area (Å²) >= 11 is 0. The van der Waals surface area contributed by atoms with Gasteiger partial charge in [-0.15, -0.1) is 0 Å². The molecule has 0 aromatic carbocycles. The number of carbonyl (C=O) groups excluding carboxylic acids is 3. The number of hydrogen-bond donors (Lipinski definition) is 0. The first-order valence-electron chi connectivity index (χ1n) is 36.1. The van der Waals surface area contributed by atoms with Crippen molar-refractivity contribution in [1.29, 1.82) is 0 Å². The standard InChI is InChI=1S/C75H138O6/c1-4-7-10-13-16-19-22-25-28-31-32-33-34-35-36-37-38-39-40-41-42-43-45-47-50-53-56-59-62-65-68-74(77)80-71-72(70-79-73(76)67-64-61-58-55-52-49-46-30-27-24-21-18-15-12-9-6-3)81-75(78)69-66-63-60-57-54-51-48-44-29-26-23-20-17-14-11-8-5-2/h17,20-21,24,26,29-30,46,72H,4-16,18-19,22-23,25,27-28,31-45,47-71H2,1-3H3/b20-17-,24-21-,29-26-,46-30-. The third-order valence-corrected chi connectivity index (χ3v) is 16.3. The van der Waals surface area contributed by atoms with Gasteiger partial charge in [0.05, 0.1) is 0 Å². The van der Waals surface area contributed by atoms with Crippen LogP contribution in [-0.2, 0) is 28.6 Å². The molecule has 474 valence electrons. The summed E-state index contributed by atoms with van der Waals surface area (Å²) in [6, 6.07) is 0. The number of esters is 3. The monoisotopic (exact) mass is 1140 g/mol. The molecular weight excluding hydrogens is 997 g/mol. The maximum absolute atomic E-state index is 12.9. The first kappa shape index (κ1) is 78.4. The molecule has 0 aliphatic heterocycles. The molecule has 0 N–H and O–H groups in total. The maximum atomic E-state index is 12.9. The average molecular weight is 1140 g/mol. The first-order chi connectivity index (χ1) is 40.0. The predicted octanol–water partition coefficient (Wildman–Crippen LogP) is 24.9. The van der Waals surface area contributed by atoms with Crippen LogP contribution < -0.4 is 0 Å². The van der Waals surface area contributed by atoms with Gasteiger partial charge in [0.25, 0.3) is 0 Å². The molecule has 0 spiro atoms. The zero-order valence-corrected chi connectivity index (χ0v) is 54.6. The van der Waals surface area contributed by atoms with Gasteiger partial charge >= 0.3 is 17.9 Å². The van der Waals surface area contributed by atoms with Gasteiger partial charge in [-0.1, -0.05) is 339 Å². The summed E-state index contributed by atoms with van der Waals surface area (Å²) in [7, 11) is 0. The zero-order chi connectivity index (χ0) is 58.5.